The second-order valence-electron chi connectivity index (χ2n) is 5.95. The van der Waals surface area contributed by atoms with Crippen molar-refractivity contribution in [2.45, 2.75) is 11.8 Å². The summed E-state index contributed by atoms with van der Waals surface area (Å²) in [5.41, 5.74) is 1.65. The van der Waals surface area contributed by atoms with Crippen LogP contribution in [0.5, 0.6) is 0 Å². The van der Waals surface area contributed by atoms with Crippen LogP contribution in [0.15, 0.2) is 60.7 Å². The SMILES string of the molecule is N#CC(c1ccccc1)(c1ccccc1)C1CCNC1.O=C(O)C(=O)O. The molecule has 6 heteroatoms. The van der Waals surface area contributed by atoms with Gasteiger partial charge in [-0.3, -0.25) is 0 Å². The van der Waals surface area contributed by atoms with Crippen LogP contribution in [-0.4, -0.2) is 35.2 Å². The maximum Gasteiger partial charge on any atom is 0.414 e. The van der Waals surface area contributed by atoms with Gasteiger partial charge < -0.3 is 15.5 Å². The highest BCUT2D eigenvalue weighted by atomic mass is 16.4. The summed E-state index contributed by atoms with van der Waals surface area (Å²) in [4.78, 5) is 18.2. The maximum absolute atomic E-state index is 10.1. The molecule has 1 unspecified atom stereocenters. The zero-order valence-corrected chi connectivity index (χ0v) is 14.1. The predicted octanol–water partition coefficient (Wildman–Crippen LogP) is 2.26. The van der Waals surface area contributed by atoms with Gasteiger partial charge in [0.05, 0.1) is 6.07 Å². The van der Waals surface area contributed by atoms with Crippen molar-refractivity contribution in [3.63, 3.8) is 0 Å². The van der Waals surface area contributed by atoms with Gasteiger partial charge in [0, 0.05) is 6.54 Å². The minimum Gasteiger partial charge on any atom is -0.473 e. The van der Waals surface area contributed by atoms with Gasteiger partial charge in [0.2, 0.25) is 0 Å². The van der Waals surface area contributed by atoms with E-state index in [1.54, 1.807) is 0 Å². The van der Waals surface area contributed by atoms with E-state index in [-0.39, 0.29) is 0 Å². The van der Waals surface area contributed by atoms with E-state index in [0.717, 1.165) is 30.6 Å². The van der Waals surface area contributed by atoms with Crippen molar-refractivity contribution in [2.75, 3.05) is 13.1 Å². The average molecular weight is 352 g/mol. The van der Waals surface area contributed by atoms with Gasteiger partial charge in [0.1, 0.15) is 5.41 Å². The number of nitriles is 1. The normalized spacial score (nSPS) is 16.0. The Bertz CT molecular complexity index is 727. The Hall–Kier alpha value is -3.17. The Morgan fingerprint density at radius 2 is 1.42 bits per heavy atom. The van der Waals surface area contributed by atoms with E-state index in [1.165, 1.54) is 0 Å². The first-order chi connectivity index (χ1) is 12.5. The smallest absolute Gasteiger partial charge is 0.414 e. The Kier molecular flexibility index (Phi) is 6.48. The largest absolute Gasteiger partial charge is 0.473 e. The molecule has 0 spiro atoms. The molecule has 2 aromatic rings. The molecule has 0 aliphatic carbocycles. The molecule has 1 aliphatic heterocycles. The van der Waals surface area contributed by atoms with E-state index < -0.39 is 17.4 Å². The number of hydrogen-bond donors (Lipinski definition) is 3. The number of nitrogens with zero attached hydrogens (tertiary/aromatic N) is 1. The molecule has 3 rings (SSSR count). The van der Waals surface area contributed by atoms with Crippen LogP contribution in [0.3, 0.4) is 0 Å². The Labute approximate surface area is 151 Å². The number of aliphatic carboxylic acids is 2. The van der Waals surface area contributed by atoms with Gasteiger partial charge in [-0.2, -0.15) is 5.26 Å². The Balaban J connectivity index is 0.000000352. The van der Waals surface area contributed by atoms with Gasteiger partial charge >= 0.3 is 11.9 Å². The van der Waals surface area contributed by atoms with Gasteiger partial charge in [-0.05, 0) is 30.0 Å². The molecule has 3 N–H and O–H groups in total. The number of carboxylic acids is 2. The highest BCUT2D eigenvalue weighted by Gasteiger charge is 2.43. The fourth-order valence-corrected chi connectivity index (χ4v) is 3.28. The first-order valence-corrected chi connectivity index (χ1v) is 8.21. The van der Waals surface area contributed by atoms with E-state index >= 15 is 0 Å². The van der Waals surface area contributed by atoms with Gasteiger partial charge in [0.25, 0.3) is 0 Å². The molecule has 1 aliphatic rings. The van der Waals surface area contributed by atoms with Crippen LogP contribution in [-0.2, 0) is 15.0 Å². The van der Waals surface area contributed by atoms with Crippen LogP contribution < -0.4 is 5.32 Å². The summed E-state index contributed by atoms with van der Waals surface area (Å²) < 4.78 is 0. The number of nitrogens with one attached hydrogen (secondary N) is 1. The first-order valence-electron chi connectivity index (χ1n) is 8.21. The summed E-state index contributed by atoms with van der Waals surface area (Å²) in [5, 5.41) is 28.2. The molecule has 134 valence electrons. The molecule has 0 radical (unpaired) electrons. The number of carboxylic acid groups (broad SMARTS) is 2. The topological polar surface area (TPSA) is 110 Å². The fraction of sp³-hybridized carbons (Fsp3) is 0.250. The van der Waals surface area contributed by atoms with Gasteiger partial charge in [-0.1, -0.05) is 60.7 Å². The van der Waals surface area contributed by atoms with Crippen molar-refractivity contribution in [1.82, 2.24) is 5.32 Å². The first kappa shape index (κ1) is 19.2. The van der Waals surface area contributed by atoms with Crippen LogP contribution in [0.1, 0.15) is 17.5 Å². The van der Waals surface area contributed by atoms with Crippen molar-refractivity contribution in [2.24, 2.45) is 5.92 Å². The highest BCUT2D eigenvalue weighted by molar-refractivity contribution is 6.27. The highest BCUT2D eigenvalue weighted by Crippen LogP contribution is 2.41. The minimum absolute atomic E-state index is 0.317. The molecule has 26 heavy (non-hydrogen) atoms. The lowest BCUT2D eigenvalue weighted by molar-refractivity contribution is -0.159. The Morgan fingerprint density at radius 1 is 0.962 bits per heavy atom. The lowest BCUT2D eigenvalue weighted by Gasteiger charge is -2.33. The van der Waals surface area contributed by atoms with Gasteiger partial charge in [-0.15, -0.1) is 0 Å². The summed E-state index contributed by atoms with van der Waals surface area (Å²) >= 11 is 0. The molecule has 1 fully saturated rings. The third kappa shape index (κ3) is 4.08. The molecular formula is C20H20N2O4. The minimum atomic E-state index is -1.82. The van der Waals surface area contributed by atoms with Crippen molar-refractivity contribution in [1.29, 1.82) is 5.26 Å². The lowest BCUT2D eigenvalue weighted by atomic mass is 9.66. The van der Waals surface area contributed by atoms with Crippen molar-refractivity contribution < 1.29 is 19.8 Å². The lowest BCUT2D eigenvalue weighted by Crippen LogP contribution is -2.36. The summed E-state index contributed by atoms with van der Waals surface area (Å²) in [6.07, 6.45) is 1.04. The predicted molar refractivity (Wildman–Crippen MR) is 95.5 cm³/mol. The third-order valence-corrected chi connectivity index (χ3v) is 4.49. The molecule has 2 aromatic carbocycles. The molecule has 0 saturated carbocycles. The quantitative estimate of drug-likeness (QED) is 0.731. The van der Waals surface area contributed by atoms with Crippen molar-refractivity contribution in [3.05, 3.63) is 71.8 Å². The van der Waals surface area contributed by atoms with Gasteiger partial charge in [0.15, 0.2) is 0 Å². The molecule has 6 nitrogen and oxygen atoms in total. The molecular weight excluding hydrogens is 332 g/mol. The fourth-order valence-electron chi connectivity index (χ4n) is 3.28. The summed E-state index contributed by atoms with van der Waals surface area (Å²) in [6, 6.07) is 23.1. The van der Waals surface area contributed by atoms with E-state index in [4.69, 9.17) is 19.8 Å². The van der Waals surface area contributed by atoms with Crippen LogP contribution in [0.25, 0.3) is 0 Å². The second-order valence-corrected chi connectivity index (χ2v) is 5.95. The average Bonchev–Trinajstić information content (AvgIpc) is 3.20. The standard InChI is InChI=1S/C18H18N2.C2H2O4/c19-14-18(17-11-12-20-13-17,15-7-3-1-4-8-15)16-9-5-2-6-10-16;3-1(4)2(5)6/h1-10,17,20H,11-13H2;(H,3,4)(H,5,6). The van der Waals surface area contributed by atoms with E-state index in [9.17, 15) is 5.26 Å². The van der Waals surface area contributed by atoms with Crippen LogP contribution >= 0.6 is 0 Å². The van der Waals surface area contributed by atoms with E-state index in [1.807, 2.05) is 36.4 Å². The maximum atomic E-state index is 10.1. The number of hydrogen-bond acceptors (Lipinski definition) is 4. The zero-order valence-electron chi connectivity index (χ0n) is 14.1. The van der Waals surface area contributed by atoms with Crippen LogP contribution in [0.4, 0.5) is 0 Å². The van der Waals surface area contributed by atoms with Gasteiger partial charge in [-0.25, -0.2) is 9.59 Å². The number of carbonyl (C=O) groups is 2. The summed E-state index contributed by atoms with van der Waals surface area (Å²) in [5.74, 6) is -3.33. The van der Waals surface area contributed by atoms with Crippen molar-refractivity contribution >= 4 is 11.9 Å². The number of benzene rings is 2. The molecule has 1 atom stereocenters. The molecule has 0 amide bonds. The van der Waals surface area contributed by atoms with E-state index in [2.05, 4.69) is 35.7 Å². The third-order valence-electron chi connectivity index (χ3n) is 4.49. The molecule has 0 bridgehead atoms. The van der Waals surface area contributed by atoms with E-state index in [0.29, 0.717) is 5.92 Å². The van der Waals surface area contributed by atoms with Crippen molar-refractivity contribution in [3.8, 4) is 6.07 Å². The summed E-state index contributed by atoms with van der Waals surface area (Å²) in [7, 11) is 0. The molecule has 1 saturated heterocycles. The van der Waals surface area contributed by atoms with Crippen LogP contribution in [0, 0.1) is 17.2 Å². The molecule has 0 aromatic heterocycles. The number of rotatable bonds is 3. The second kappa shape index (κ2) is 8.79. The monoisotopic (exact) mass is 352 g/mol. The zero-order chi connectivity index (χ0) is 19.0. The Morgan fingerprint density at radius 3 is 1.73 bits per heavy atom. The molecule has 1 heterocycles. The summed E-state index contributed by atoms with van der Waals surface area (Å²) in [6.45, 7) is 1.89. The van der Waals surface area contributed by atoms with Crippen LogP contribution in [0.2, 0.25) is 0 Å².